The lowest BCUT2D eigenvalue weighted by Crippen LogP contribution is -1.84. The molecule has 0 spiro atoms. The van der Waals surface area contributed by atoms with E-state index in [0.717, 1.165) is 0 Å². The standard InChI is InChI=1S/C32H68P2/c1-3-5-7-9-11-13-15-17-19-21-23-25-27-29-31-33-34-32-30-28-26-24-22-20-18-16-14-12-10-8-6-4-2/h33-34H,3-32H2,1-2H3. The van der Waals surface area contributed by atoms with Gasteiger partial charge in [0.25, 0.3) is 0 Å². The fraction of sp³-hybridized carbons (Fsp3) is 1.00. The van der Waals surface area contributed by atoms with E-state index in [-0.39, 0.29) is 0 Å². The van der Waals surface area contributed by atoms with E-state index in [0.29, 0.717) is 0 Å². The van der Waals surface area contributed by atoms with E-state index in [1.54, 1.807) is 0 Å². The van der Waals surface area contributed by atoms with Crippen molar-refractivity contribution in [2.75, 3.05) is 12.3 Å². The van der Waals surface area contributed by atoms with E-state index < -0.39 is 0 Å². The molecular formula is C32H68P2. The molecule has 0 aliphatic rings. The van der Waals surface area contributed by atoms with Crippen LogP contribution in [0.4, 0.5) is 0 Å². The molecule has 0 radical (unpaired) electrons. The van der Waals surface area contributed by atoms with Crippen molar-refractivity contribution in [2.45, 2.75) is 194 Å². The summed E-state index contributed by atoms with van der Waals surface area (Å²) in [6.45, 7) is 4.62. The van der Waals surface area contributed by atoms with Gasteiger partial charge in [0.1, 0.15) is 0 Å². The van der Waals surface area contributed by atoms with Gasteiger partial charge in [0, 0.05) is 0 Å². The second-order valence-corrected chi connectivity index (χ2v) is 14.9. The maximum absolute atomic E-state index is 2.31. The molecule has 0 aromatic rings. The number of rotatable bonds is 31. The van der Waals surface area contributed by atoms with Crippen molar-refractivity contribution in [3.63, 3.8) is 0 Å². The quantitative estimate of drug-likeness (QED) is 0.0637. The molecule has 206 valence electrons. The van der Waals surface area contributed by atoms with Crippen LogP contribution >= 0.6 is 16.5 Å². The number of hydrogen-bond acceptors (Lipinski definition) is 0. The monoisotopic (exact) mass is 514 g/mol. The van der Waals surface area contributed by atoms with Gasteiger partial charge in [-0.1, -0.05) is 197 Å². The molecule has 0 bridgehead atoms. The molecular weight excluding hydrogens is 446 g/mol. The van der Waals surface area contributed by atoms with Gasteiger partial charge in [0.15, 0.2) is 0 Å². The molecule has 34 heavy (non-hydrogen) atoms. The average molecular weight is 515 g/mol. The summed E-state index contributed by atoms with van der Waals surface area (Å²) in [5, 5.41) is 0. The van der Waals surface area contributed by atoms with Crippen LogP contribution in [0.25, 0.3) is 0 Å². The summed E-state index contributed by atoms with van der Waals surface area (Å²) in [5.41, 5.74) is 0. The van der Waals surface area contributed by atoms with Gasteiger partial charge in [-0.25, -0.2) is 0 Å². The number of hydrogen-bond donors (Lipinski definition) is 0. The first kappa shape index (κ1) is 34.9. The molecule has 0 N–H and O–H groups in total. The van der Waals surface area contributed by atoms with Crippen LogP contribution in [0.1, 0.15) is 194 Å². The lowest BCUT2D eigenvalue weighted by atomic mass is 10.0. The van der Waals surface area contributed by atoms with Crippen LogP contribution < -0.4 is 0 Å². The van der Waals surface area contributed by atoms with Crippen molar-refractivity contribution < 1.29 is 0 Å². The van der Waals surface area contributed by atoms with Crippen molar-refractivity contribution in [3.05, 3.63) is 0 Å². The molecule has 0 fully saturated rings. The molecule has 0 aromatic carbocycles. The highest BCUT2D eigenvalue weighted by Gasteiger charge is 1.96. The normalized spacial score (nSPS) is 12.2. The van der Waals surface area contributed by atoms with Gasteiger partial charge in [0.2, 0.25) is 0 Å². The highest BCUT2D eigenvalue weighted by molar-refractivity contribution is 8.11. The smallest absolute Gasteiger partial charge is 0.0317 e. The molecule has 2 heteroatoms. The molecule has 0 aliphatic carbocycles. The fourth-order valence-electron chi connectivity index (χ4n) is 4.99. The van der Waals surface area contributed by atoms with Crippen molar-refractivity contribution in [3.8, 4) is 0 Å². The Balaban J connectivity index is 2.99. The highest BCUT2D eigenvalue weighted by Crippen LogP contribution is 2.38. The topological polar surface area (TPSA) is 0 Å². The summed E-state index contributed by atoms with van der Waals surface area (Å²) in [6.07, 6.45) is 44.6. The van der Waals surface area contributed by atoms with Gasteiger partial charge < -0.3 is 0 Å². The van der Waals surface area contributed by atoms with Crippen LogP contribution in [-0.2, 0) is 0 Å². The van der Waals surface area contributed by atoms with Gasteiger partial charge in [-0.15, -0.1) is 0 Å². The maximum atomic E-state index is 2.31. The van der Waals surface area contributed by atoms with Crippen LogP contribution in [-0.4, -0.2) is 12.3 Å². The zero-order valence-corrected chi connectivity index (χ0v) is 26.2. The molecule has 0 heterocycles. The minimum Gasteiger partial charge on any atom is -0.0992 e. The van der Waals surface area contributed by atoms with E-state index in [1.165, 1.54) is 209 Å². The minimum atomic E-state index is 1.28. The van der Waals surface area contributed by atoms with Crippen LogP contribution in [0, 0.1) is 0 Å². The lowest BCUT2D eigenvalue weighted by molar-refractivity contribution is 0.538. The predicted molar refractivity (Wildman–Crippen MR) is 167 cm³/mol. The van der Waals surface area contributed by atoms with Gasteiger partial charge in [-0.2, -0.15) is 0 Å². The van der Waals surface area contributed by atoms with Crippen LogP contribution in [0.3, 0.4) is 0 Å². The summed E-state index contributed by atoms with van der Waals surface area (Å²) in [7, 11) is 2.56. The molecule has 0 rings (SSSR count). The summed E-state index contributed by atoms with van der Waals surface area (Å²) >= 11 is 0. The first-order chi connectivity index (χ1) is 16.9. The second kappa shape index (κ2) is 33.9. The molecule has 2 unspecified atom stereocenters. The Bertz CT molecular complexity index is 299. The first-order valence-corrected chi connectivity index (χ1v) is 19.8. The third-order valence-electron chi connectivity index (χ3n) is 7.44. The van der Waals surface area contributed by atoms with E-state index in [2.05, 4.69) is 13.8 Å². The molecule has 2 atom stereocenters. The Morgan fingerprint density at radius 1 is 0.235 bits per heavy atom. The lowest BCUT2D eigenvalue weighted by Gasteiger charge is -2.05. The van der Waals surface area contributed by atoms with Crippen molar-refractivity contribution in [1.82, 2.24) is 0 Å². The molecule has 0 saturated heterocycles. The zero-order valence-electron chi connectivity index (χ0n) is 24.2. The number of unbranched alkanes of at least 4 members (excludes halogenated alkanes) is 26. The average Bonchev–Trinajstić information content (AvgIpc) is 2.85. The Hall–Kier alpha value is 0.860. The van der Waals surface area contributed by atoms with Gasteiger partial charge in [-0.05, 0) is 25.2 Å². The first-order valence-electron chi connectivity index (χ1n) is 16.4. The molecule has 0 amide bonds. The Morgan fingerprint density at radius 3 is 0.618 bits per heavy atom. The maximum Gasteiger partial charge on any atom is -0.0317 e. The van der Waals surface area contributed by atoms with Crippen molar-refractivity contribution >= 4 is 16.5 Å². The third-order valence-corrected chi connectivity index (χ3v) is 11.1. The minimum absolute atomic E-state index is 1.28. The molecule has 0 saturated carbocycles. The summed E-state index contributed by atoms with van der Waals surface area (Å²) in [6, 6.07) is 0. The SMILES string of the molecule is CCCCCCCCCCCCCCCCPPCCCCCCCCCCCCCCCC. The Kier molecular flexibility index (Phi) is 34.7. The predicted octanol–water partition coefficient (Wildman–Crippen LogP) is 13.2. The third kappa shape index (κ3) is 32.9. The summed E-state index contributed by atoms with van der Waals surface area (Å²) < 4.78 is 0. The zero-order chi connectivity index (χ0) is 24.6. The van der Waals surface area contributed by atoms with Crippen LogP contribution in [0.15, 0.2) is 0 Å². The van der Waals surface area contributed by atoms with Gasteiger partial charge in [-0.3, -0.25) is 0 Å². The Labute approximate surface area is 222 Å². The van der Waals surface area contributed by atoms with E-state index in [1.807, 2.05) is 0 Å². The van der Waals surface area contributed by atoms with E-state index in [4.69, 9.17) is 0 Å². The van der Waals surface area contributed by atoms with Crippen LogP contribution in [0.2, 0.25) is 0 Å². The van der Waals surface area contributed by atoms with E-state index >= 15 is 0 Å². The van der Waals surface area contributed by atoms with Gasteiger partial charge >= 0.3 is 0 Å². The largest absolute Gasteiger partial charge is 0.0992 e. The highest BCUT2D eigenvalue weighted by atomic mass is 32.0. The Morgan fingerprint density at radius 2 is 0.412 bits per heavy atom. The molecule has 0 nitrogen and oxygen atoms in total. The van der Waals surface area contributed by atoms with E-state index in [9.17, 15) is 0 Å². The van der Waals surface area contributed by atoms with Crippen LogP contribution in [0.5, 0.6) is 0 Å². The summed E-state index contributed by atoms with van der Waals surface area (Å²) in [4.78, 5) is 0. The van der Waals surface area contributed by atoms with Crippen molar-refractivity contribution in [1.29, 1.82) is 0 Å². The molecule has 0 aliphatic heterocycles. The molecule has 0 aromatic heterocycles. The summed E-state index contributed by atoms with van der Waals surface area (Å²) in [5.74, 6) is 0. The van der Waals surface area contributed by atoms with Crippen molar-refractivity contribution in [2.24, 2.45) is 0 Å². The fourth-order valence-corrected chi connectivity index (χ4v) is 8.32. The van der Waals surface area contributed by atoms with Gasteiger partial charge in [0.05, 0.1) is 0 Å². The second-order valence-electron chi connectivity index (χ2n) is 11.0.